The van der Waals surface area contributed by atoms with Gasteiger partial charge in [0, 0.05) is 6.07 Å². The second-order valence-corrected chi connectivity index (χ2v) is 3.51. The van der Waals surface area contributed by atoms with Crippen LogP contribution in [0.2, 0.25) is 0 Å². The Hall–Kier alpha value is -1.18. The largest absolute Gasteiger partial charge is 0.493 e. The Labute approximate surface area is 92.2 Å². The third-order valence-electron chi connectivity index (χ3n) is 1.89. The van der Waals surface area contributed by atoms with Crippen molar-refractivity contribution in [1.82, 2.24) is 0 Å². The van der Waals surface area contributed by atoms with E-state index >= 15 is 0 Å². The lowest BCUT2D eigenvalue weighted by atomic mass is 10.2. The zero-order valence-electron chi connectivity index (χ0n) is 9.58. The summed E-state index contributed by atoms with van der Waals surface area (Å²) in [7, 11) is 0. The van der Waals surface area contributed by atoms with Crippen molar-refractivity contribution in [3.63, 3.8) is 0 Å². The fourth-order valence-corrected chi connectivity index (χ4v) is 1.24. The predicted molar refractivity (Wildman–Crippen MR) is 62.5 cm³/mol. The molecule has 0 unspecified atom stereocenters. The van der Waals surface area contributed by atoms with Gasteiger partial charge in [0.2, 0.25) is 0 Å². The Balaban J connectivity index is 2.66. The maximum atomic E-state index is 5.54. The van der Waals surface area contributed by atoms with Crippen molar-refractivity contribution in [2.75, 3.05) is 13.2 Å². The molecule has 0 aromatic heterocycles. The molecule has 0 aliphatic rings. The molecule has 0 saturated heterocycles. The first-order valence-corrected chi connectivity index (χ1v) is 5.49. The molecule has 0 aliphatic heterocycles. The van der Waals surface area contributed by atoms with Gasteiger partial charge < -0.3 is 9.47 Å². The van der Waals surface area contributed by atoms with Crippen molar-refractivity contribution >= 4 is 0 Å². The Kier molecular flexibility index (Phi) is 5.02. The van der Waals surface area contributed by atoms with E-state index in [0.29, 0.717) is 0 Å². The lowest BCUT2D eigenvalue weighted by molar-refractivity contribution is 0.301. The third-order valence-corrected chi connectivity index (χ3v) is 1.89. The van der Waals surface area contributed by atoms with E-state index in [0.717, 1.165) is 43.1 Å². The topological polar surface area (TPSA) is 18.5 Å². The van der Waals surface area contributed by atoms with Gasteiger partial charge in [-0.3, -0.25) is 0 Å². The lowest BCUT2D eigenvalue weighted by Crippen LogP contribution is -1.98. The quantitative estimate of drug-likeness (QED) is 0.711. The minimum Gasteiger partial charge on any atom is -0.493 e. The molecule has 0 fully saturated rings. The highest BCUT2D eigenvalue weighted by atomic mass is 16.5. The zero-order chi connectivity index (χ0) is 11.1. The molecule has 83 valence electrons. The van der Waals surface area contributed by atoms with Crippen molar-refractivity contribution in [2.45, 2.75) is 26.7 Å². The molecule has 0 amide bonds. The summed E-state index contributed by atoms with van der Waals surface area (Å²) in [6, 6.07) is 5.77. The molecular formula is C13H19O2. The molecule has 15 heavy (non-hydrogen) atoms. The summed E-state index contributed by atoms with van der Waals surface area (Å²) in [6.07, 6.45) is 2.01. The molecule has 1 aromatic rings. The van der Waals surface area contributed by atoms with Gasteiger partial charge in [0.15, 0.2) is 0 Å². The highest BCUT2D eigenvalue weighted by Gasteiger charge is 2.00. The van der Waals surface area contributed by atoms with E-state index in [4.69, 9.17) is 9.47 Å². The molecule has 1 radical (unpaired) electrons. The highest BCUT2D eigenvalue weighted by molar-refractivity contribution is 5.39. The molecule has 0 heterocycles. The smallest absolute Gasteiger partial charge is 0.123 e. The van der Waals surface area contributed by atoms with Crippen LogP contribution in [0.3, 0.4) is 0 Å². The van der Waals surface area contributed by atoms with Crippen LogP contribution in [0.5, 0.6) is 11.5 Å². The maximum absolute atomic E-state index is 5.54. The summed E-state index contributed by atoms with van der Waals surface area (Å²) >= 11 is 0. The number of hydrogen-bond acceptors (Lipinski definition) is 2. The van der Waals surface area contributed by atoms with Gasteiger partial charge in [-0.25, -0.2) is 0 Å². The van der Waals surface area contributed by atoms with Crippen LogP contribution in [-0.4, -0.2) is 13.2 Å². The van der Waals surface area contributed by atoms with Crippen molar-refractivity contribution in [2.24, 2.45) is 0 Å². The van der Waals surface area contributed by atoms with Gasteiger partial charge in [0.25, 0.3) is 0 Å². The summed E-state index contributed by atoms with van der Waals surface area (Å²) in [5, 5.41) is 0. The first kappa shape index (κ1) is 11.9. The average Bonchev–Trinajstić information content (AvgIpc) is 2.23. The van der Waals surface area contributed by atoms with Crippen LogP contribution in [0.15, 0.2) is 18.2 Å². The van der Waals surface area contributed by atoms with Crippen molar-refractivity contribution in [1.29, 1.82) is 0 Å². The lowest BCUT2D eigenvalue weighted by Gasteiger charge is -2.09. The van der Waals surface area contributed by atoms with Crippen LogP contribution in [0.25, 0.3) is 0 Å². The molecule has 2 nitrogen and oxygen atoms in total. The van der Waals surface area contributed by atoms with Gasteiger partial charge in [-0.1, -0.05) is 13.8 Å². The molecule has 0 atom stereocenters. The van der Waals surface area contributed by atoms with Crippen LogP contribution in [0, 0.1) is 6.92 Å². The number of benzene rings is 1. The summed E-state index contributed by atoms with van der Waals surface area (Å²) in [5.74, 6) is 1.69. The second kappa shape index (κ2) is 6.33. The summed E-state index contributed by atoms with van der Waals surface area (Å²) in [5.41, 5.74) is 0.926. The van der Waals surface area contributed by atoms with E-state index in [-0.39, 0.29) is 0 Å². The van der Waals surface area contributed by atoms with E-state index in [9.17, 15) is 0 Å². The molecule has 0 spiro atoms. The Morgan fingerprint density at radius 2 is 1.40 bits per heavy atom. The molecule has 0 aliphatic carbocycles. The van der Waals surface area contributed by atoms with Crippen LogP contribution >= 0.6 is 0 Å². The Bertz CT molecular complexity index is 268. The van der Waals surface area contributed by atoms with Crippen molar-refractivity contribution < 1.29 is 9.47 Å². The fraction of sp³-hybridized carbons (Fsp3) is 0.462. The van der Waals surface area contributed by atoms with Crippen LogP contribution in [0.1, 0.15) is 32.3 Å². The van der Waals surface area contributed by atoms with Gasteiger partial charge >= 0.3 is 0 Å². The number of rotatable bonds is 6. The zero-order valence-corrected chi connectivity index (χ0v) is 9.58. The molecule has 1 aromatic carbocycles. The van der Waals surface area contributed by atoms with E-state index in [2.05, 4.69) is 20.8 Å². The Morgan fingerprint density at radius 1 is 0.933 bits per heavy atom. The minimum absolute atomic E-state index is 0.733. The van der Waals surface area contributed by atoms with Gasteiger partial charge in [-0.05, 0) is 37.5 Å². The summed E-state index contributed by atoms with van der Waals surface area (Å²) < 4.78 is 11.1. The maximum Gasteiger partial charge on any atom is 0.123 e. The predicted octanol–water partition coefficient (Wildman–Crippen LogP) is 3.45. The summed E-state index contributed by atoms with van der Waals surface area (Å²) in [4.78, 5) is 0. The van der Waals surface area contributed by atoms with E-state index in [1.165, 1.54) is 0 Å². The van der Waals surface area contributed by atoms with E-state index in [1.54, 1.807) is 0 Å². The molecule has 2 heteroatoms. The molecule has 0 N–H and O–H groups in total. The van der Waals surface area contributed by atoms with Crippen LogP contribution in [0.4, 0.5) is 0 Å². The first-order valence-electron chi connectivity index (χ1n) is 5.49. The average molecular weight is 207 g/mol. The van der Waals surface area contributed by atoms with Crippen molar-refractivity contribution in [3.05, 3.63) is 30.7 Å². The van der Waals surface area contributed by atoms with Crippen LogP contribution < -0.4 is 9.47 Å². The van der Waals surface area contributed by atoms with E-state index in [1.807, 2.05) is 18.2 Å². The van der Waals surface area contributed by atoms with Gasteiger partial charge in [-0.2, -0.15) is 0 Å². The first-order chi connectivity index (χ1) is 7.26. The second-order valence-electron chi connectivity index (χ2n) is 3.51. The van der Waals surface area contributed by atoms with E-state index < -0.39 is 0 Å². The normalized spacial score (nSPS) is 10.1. The molecule has 0 saturated carbocycles. The third kappa shape index (κ3) is 4.24. The Morgan fingerprint density at radius 3 is 1.80 bits per heavy atom. The van der Waals surface area contributed by atoms with Crippen LogP contribution in [-0.2, 0) is 0 Å². The van der Waals surface area contributed by atoms with Crippen molar-refractivity contribution in [3.8, 4) is 11.5 Å². The number of hydrogen-bond donors (Lipinski definition) is 0. The van der Waals surface area contributed by atoms with Gasteiger partial charge in [0.1, 0.15) is 11.5 Å². The molecule has 0 bridgehead atoms. The SMILES string of the molecule is [CH2]c1cc(OCCC)cc(OCCC)c1. The monoisotopic (exact) mass is 207 g/mol. The molecule has 1 rings (SSSR count). The molecular weight excluding hydrogens is 188 g/mol. The minimum atomic E-state index is 0.733. The highest BCUT2D eigenvalue weighted by Crippen LogP contribution is 2.22. The standard InChI is InChI=1S/C13H19O2/c1-4-6-14-12-8-11(3)9-13(10-12)15-7-5-2/h8-10H,3-7H2,1-2H3. The number of ether oxygens (including phenoxy) is 2. The van der Waals surface area contributed by atoms with Gasteiger partial charge in [0.05, 0.1) is 13.2 Å². The fourth-order valence-electron chi connectivity index (χ4n) is 1.24. The summed E-state index contributed by atoms with van der Waals surface area (Å²) in [6.45, 7) is 9.54. The van der Waals surface area contributed by atoms with Gasteiger partial charge in [-0.15, -0.1) is 0 Å².